The van der Waals surface area contributed by atoms with Crippen molar-refractivity contribution in [2.24, 2.45) is 0 Å². The van der Waals surface area contributed by atoms with E-state index in [0.29, 0.717) is 11.9 Å². The van der Waals surface area contributed by atoms with E-state index in [4.69, 9.17) is 9.15 Å². The predicted octanol–water partition coefficient (Wildman–Crippen LogP) is 2.32. The van der Waals surface area contributed by atoms with Crippen LogP contribution >= 0.6 is 11.8 Å². The van der Waals surface area contributed by atoms with Gasteiger partial charge in [-0.3, -0.25) is 4.79 Å². The number of hydrogen-bond donors (Lipinski definition) is 0. The Bertz CT molecular complexity index is 479. The monoisotopic (exact) mass is 281 g/mol. The minimum atomic E-state index is 0.0131. The molecule has 0 saturated carbocycles. The van der Waals surface area contributed by atoms with Crippen molar-refractivity contribution in [1.29, 1.82) is 0 Å². The van der Waals surface area contributed by atoms with Gasteiger partial charge in [-0.05, 0) is 32.4 Å². The third kappa shape index (κ3) is 2.41. The van der Waals surface area contributed by atoms with E-state index < -0.39 is 0 Å². The molecule has 1 aromatic rings. The Morgan fingerprint density at radius 2 is 2.37 bits per heavy atom. The number of aryl methyl sites for hydroxylation is 1. The number of carbonyl (C=O) groups excluding carboxylic acids is 1. The summed E-state index contributed by atoms with van der Waals surface area (Å²) >= 11 is 1.95. The highest BCUT2D eigenvalue weighted by atomic mass is 32.2. The molecule has 1 spiro atoms. The van der Waals surface area contributed by atoms with Crippen LogP contribution in [0.5, 0.6) is 0 Å². The minimum Gasteiger partial charge on any atom is -0.456 e. The topological polar surface area (TPSA) is 42.7 Å². The molecule has 104 valence electrons. The van der Waals surface area contributed by atoms with E-state index in [0.717, 1.165) is 37.6 Å². The molecule has 1 atom stereocenters. The quantitative estimate of drug-likeness (QED) is 0.853. The molecular formula is C14H19NO3S. The van der Waals surface area contributed by atoms with Crippen LogP contribution in [-0.4, -0.2) is 47.1 Å². The molecular weight excluding hydrogens is 262 g/mol. The average molecular weight is 281 g/mol. The van der Waals surface area contributed by atoms with E-state index in [-0.39, 0.29) is 10.7 Å². The smallest absolute Gasteiger partial charge is 0.289 e. The van der Waals surface area contributed by atoms with Crippen molar-refractivity contribution in [3.05, 3.63) is 23.7 Å². The first kappa shape index (κ1) is 13.1. The molecule has 2 fully saturated rings. The fraction of sp³-hybridized carbons (Fsp3) is 0.643. The van der Waals surface area contributed by atoms with Crippen molar-refractivity contribution in [3.63, 3.8) is 0 Å². The molecule has 1 unspecified atom stereocenters. The molecule has 1 aromatic heterocycles. The lowest BCUT2D eigenvalue weighted by molar-refractivity contribution is 0.0339. The largest absolute Gasteiger partial charge is 0.456 e. The van der Waals surface area contributed by atoms with E-state index >= 15 is 0 Å². The van der Waals surface area contributed by atoms with Crippen molar-refractivity contribution in [2.45, 2.75) is 31.1 Å². The number of rotatable bonds is 3. The van der Waals surface area contributed by atoms with Gasteiger partial charge in [-0.15, -0.1) is 11.8 Å². The van der Waals surface area contributed by atoms with Gasteiger partial charge in [0.2, 0.25) is 0 Å². The van der Waals surface area contributed by atoms with Crippen molar-refractivity contribution >= 4 is 17.7 Å². The molecule has 2 aliphatic heterocycles. The Morgan fingerprint density at radius 3 is 3.00 bits per heavy atom. The number of ether oxygens (including phenoxy) is 1. The summed E-state index contributed by atoms with van der Waals surface area (Å²) in [5.41, 5.74) is 0. The number of nitrogens with zero attached hydrogens (tertiary/aromatic N) is 1. The van der Waals surface area contributed by atoms with Crippen LogP contribution in [0.4, 0.5) is 0 Å². The molecule has 2 aliphatic rings. The molecule has 1 amide bonds. The maximum atomic E-state index is 12.2. The fourth-order valence-corrected chi connectivity index (χ4v) is 4.42. The number of furan rings is 1. The maximum Gasteiger partial charge on any atom is 0.289 e. The first-order chi connectivity index (χ1) is 9.12. The van der Waals surface area contributed by atoms with Crippen LogP contribution in [-0.2, 0) is 4.74 Å². The summed E-state index contributed by atoms with van der Waals surface area (Å²) in [6, 6.07) is 3.59. The first-order valence-electron chi connectivity index (χ1n) is 6.73. The van der Waals surface area contributed by atoms with Gasteiger partial charge in [0.25, 0.3) is 5.91 Å². The molecule has 19 heavy (non-hydrogen) atoms. The lowest BCUT2D eigenvalue weighted by atomic mass is 9.92. The van der Waals surface area contributed by atoms with Gasteiger partial charge in [0, 0.05) is 25.4 Å². The van der Waals surface area contributed by atoms with Crippen LogP contribution in [0.1, 0.15) is 29.7 Å². The molecule has 4 nitrogen and oxygen atoms in total. The lowest BCUT2D eigenvalue weighted by Crippen LogP contribution is -2.60. The average Bonchev–Trinajstić information content (AvgIpc) is 2.94. The Balaban J connectivity index is 1.57. The van der Waals surface area contributed by atoms with E-state index in [1.54, 1.807) is 6.07 Å². The number of carbonyl (C=O) groups is 1. The third-order valence-electron chi connectivity index (χ3n) is 3.77. The Kier molecular flexibility index (Phi) is 3.35. The SMILES string of the molecule is CCOC1CSC2(C1)CN(C(=O)c1ccc(C)o1)C2. The standard InChI is InChI=1S/C14H19NO3S/c1-3-17-11-6-14(19-7-11)8-15(9-14)13(16)12-5-4-10(2)18-12/h4-5,11H,3,6-9H2,1-2H3. The second-order valence-corrected chi connectivity index (χ2v) is 6.84. The molecule has 2 saturated heterocycles. The minimum absolute atomic E-state index is 0.0131. The van der Waals surface area contributed by atoms with E-state index in [9.17, 15) is 4.79 Å². The summed E-state index contributed by atoms with van der Waals surface area (Å²) in [7, 11) is 0. The van der Waals surface area contributed by atoms with Gasteiger partial charge in [0.15, 0.2) is 5.76 Å². The second-order valence-electron chi connectivity index (χ2n) is 5.35. The summed E-state index contributed by atoms with van der Waals surface area (Å²) in [5, 5.41) is 0. The van der Waals surface area contributed by atoms with Crippen LogP contribution < -0.4 is 0 Å². The summed E-state index contributed by atoms with van der Waals surface area (Å²) in [6.07, 6.45) is 1.42. The fourth-order valence-electron chi connectivity index (χ4n) is 2.86. The Hall–Kier alpha value is -0.940. The summed E-state index contributed by atoms with van der Waals surface area (Å²) in [4.78, 5) is 14.1. The number of amides is 1. The zero-order chi connectivity index (χ0) is 13.5. The predicted molar refractivity (Wildman–Crippen MR) is 74.6 cm³/mol. The van der Waals surface area contributed by atoms with Gasteiger partial charge in [-0.25, -0.2) is 0 Å². The zero-order valence-corrected chi connectivity index (χ0v) is 12.2. The van der Waals surface area contributed by atoms with Gasteiger partial charge in [-0.1, -0.05) is 0 Å². The van der Waals surface area contributed by atoms with Crippen molar-refractivity contribution in [1.82, 2.24) is 4.90 Å². The number of thioether (sulfide) groups is 1. The highest BCUT2D eigenvalue weighted by Gasteiger charge is 2.51. The molecule has 0 N–H and O–H groups in total. The van der Waals surface area contributed by atoms with Crippen molar-refractivity contribution in [3.8, 4) is 0 Å². The molecule has 0 bridgehead atoms. The summed E-state index contributed by atoms with van der Waals surface area (Å²) < 4.78 is 11.3. The molecule has 5 heteroatoms. The van der Waals surface area contributed by atoms with Gasteiger partial charge in [0.1, 0.15) is 5.76 Å². The number of hydrogen-bond acceptors (Lipinski definition) is 4. The van der Waals surface area contributed by atoms with Crippen LogP contribution in [0.25, 0.3) is 0 Å². The molecule has 3 rings (SSSR count). The Morgan fingerprint density at radius 1 is 1.58 bits per heavy atom. The van der Waals surface area contributed by atoms with Gasteiger partial charge in [0.05, 0.1) is 10.9 Å². The van der Waals surface area contributed by atoms with Crippen LogP contribution in [0, 0.1) is 6.92 Å². The number of likely N-dealkylation sites (tertiary alicyclic amines) is 1. The molecule has 0 aromatic carbocycles. The lowest BCUT2D eigenvalue weighted by Gasteiger charge is -2.47. The van der Waals surface area contributed by atoms with Gasteiger partial charge < -0.3 is 14.1 Å². The van der Waals surface area contributed by atoms with E-state index in [2.05, 4.69) is 0 Å². The summed E-state index contributed by atoms with van der Waals surface area (Å²) in [6.45, 7) is 6.30. The van der Waals surface area contributed by atoms with Crippen LogP contribution in [0.15, 0.2) is 16.5 Å². The third-order valence-corrected chi connectivity index (χ3v) is 5.35. The summed E-state index contributed by atoms with van der Waals surface area (Å²) in [5.74, 6) is 2.30. The first-order valence-corrected chi connectivity index (χ1v) is 7.72. The molecule has 0 radical (unpaired) electrons. The zero-order valence-electron chi connectivity index (χ0n) is 11.3. The highest BCUT2D eigenvalue weighted by Crippen LogP contribution is 2.46. The van der Waals surface area contributed by atoms with Crippen LogP contribution in [0.2, 0.25) is 0 Å². The van der Waals surface area contributed by atoms with Gasteiger partial charge in [-0.2, -0.15) is 0 Å². The Labute approximate surface area is 117 Å². The van der Waals surface area contributed by atoms with Gasteiger partial charge >= 0.3 is 0 Å². The maximum absolute atomic E-state index is 12.2. The highest BCUT2D eigenvalue weighted by molar-refractivity contribution is 8.01. The normalized spacial score (nSPS) is 24.7. The van der Waals surface area contributed by atoms with Crippen molar-refractivity contribution < 1.29 is 13.9 Å². The van der Waals surface area contributed by atoms with Crippen molar-refractivity contribution in [2.75, 3.05) is 25.4 Å². The van der Waals surface area contributed by atoms with Crippen LogP contribution in [0.3, 0.4) is 0 Å². The van der Waals surface area contributed by atoms with E-state index in [1.807, 2.05) is 36.6 Å². The molecule has 3 heterocycles. The second kappa shape index (κ2) is 4.87. The van der Waals surface area contributed by atoms with E-state index in [1.165, 1.54) is 0 Å². The molecule has 0 aliphatic carbocycles.